The number of aliphatic hydroxyl groups is 1. The molecule has 0 unspecified atom stereocenters. The number of hydrogen-bond donors (Lipinski definition) is 1. The molecule has 32 heavy (non-hydrogen) atoms. The van der Waals surface area contributed by atoms with Crippen LogP contribution < -0.4 is 16.2 Å². The van der Waals surface area contributed by atoms with Crippen molar-refractivity contribution in [2.45, 2.75) is 44.9 Å². The number of halogens is 1. The molecule has 1 aromatic carbocycles. The Balaban J connectivity index is 1.53. The van der Waals surface area contributed by atoms with Crippen molar-refractivity contribution in [3.05, 3.63) is 62.1 Å². The molecule has 1 aliphatic heterocycles. The summed E-state index contributed by atoms with van der Waals surface area (Å²) in [6.07, 6.45) is 3.23. The van der Waals surface area contributed by atoms with E-state index >= 15 is 0 Å². The summed E-state index contributed by atoms with van der Waals surface area (Å²) in [4.78, 5) is 38.6. The Morgan fingerprint density at radius 1 is 1.25 bits per heavy atom. The van der Waals surface area contributed by atoms with E-state index in [1.165, 1.54) is 13.1 Å². The molecule has 2 fully saturated rings. The van der Waals surface area contributed by atoms with Gasteiger partial charge in [0.05, 0.1) is 17.3 Å². The zero-order chi connectivity index (χ0) is 22.6. The first-order valence-corrected chi connectivity index (χ1v) is 10.4. The topological polar surface area (TPSA) is 115 Å². The number of esters is 1. The van der Waals surface area contributed by atoms with Crippen molar-refractivity contribution >= 4 is 22.6 Å². The van der Waals surface area contributed by atoms with Crippen molar-refractivity contribution in [2.24, 2.45) is 0 Å². The summed E-state index contributed by atoms with van der Waals surface area (Å²) in [5.74, 6) is -2.17. The number of anilines is 1. The maximum absolute atomic E-state index is 14.9. The summed E-state index contributed by atoms with van der Waals surface area (Å²) in [6, 6.07) is 2.86. The molecule has 0 bridgehead atoms. The average molecular weight is 444 g/mol. The number of carbonyl (C=O) groups is 1. The SMILES string of the molecule is Cc1oc(=O)oc1COC(=O)c1cn(C2CC2)c2cc(N3CC[C@@H](O)C3)c(F)cc2c1=O. The van der Waals surface area contributed by atoms with E-state index in [-0.39, 0.29) is 35.1 Å². The van der Waals surface area contributed by atoms with Gasteiger partial charge in [-0.15, -0.1) is 0 Å². The fourth-order valence-electron chi connectivity index (χ4n) is 4.08. The van der Waals surface area contributed by atoms with E-state index in [1.807, 2.05) is 4.57 Å². The lowest BCUT2D eigenvalue weighted by Gasteiger charge is -2.21. The number of pyridine rings is 1. The number of benzene rings is 1. The third-order valence-corrected chi connectivity index (χ3v) is 5.93. The summed E-state index contributed by atoms with van der Waals surface area (Å²) in [6.45, 7) is 1.96. The molecular weight excluding hydrogens is 423 g/mol. The highest BCUT2D eigenvalue weighted by Crippen LogP contribution is 2.38. The van der Waals surface area contributed by atoms with Crippen molar-refractivity contribution in [3.8, 4) is 0 Å². The van der Waals surface area contributed by atoms with Crippen LogP contribution in [-0.2, 0) is 11.3 Å². The van der Waals surface area contributed by atoms with E-state index in [4.69, 9.17) is 13.6 Å². The normalized spacial score (nSPS) is 18.5. The lowest BCUT2D eigenvalue weighted by molar-refractivity contribution is 0.0440. The van der Waals surface area contributed by atoms with Crippen molar-refractivity contribution in [2.75, 3.05) is 18.0 Å². The molecule has 3 heterocycles. The maximum Gasteiger partial charge on any atom is 0.519 e. The van der Waals surface area contributed by atoms with E-state index in [1.54, 1.807) is 11.0 Å². The molecule has 0 amide bonds. The van der Waals surface area contributed by atoms with Crippen LogP contribution in [0.4, 0.5) is 10.1 Å². The third-order valence-electron chi connectivity index (χ3n) is 5.93. The standard InChI is InChI=1S/C22H21FN2O7/c1-11-19(32-22(29)31-11)10-30-21(28)15-9-25(12-2-3-12)17-7-18(24-5-4-13(26)8-24)16(23)6-14(17)20(15)27/h6-7,9,12-13,26H,2-5,8,10H2,1H3/t13-/m1/s1. The zero-order valence-corrected chi connectivity index (χ0v) is 17.3. The van der Waals surface area contributed by atoms with Gasteiger partial charge in [0.1, 0.15) is 11.4 Å². The number of aryl methyl sites for hydroxylation is 1. The van der Waals surface area contributed by atoms with Gasteiger partial charge in [-0.05, 0) is 38.3 Å². The highest BCUT2D eigenvalue weighted by molar-refractivity contribution is 5.94. The molecule has 2 aliphatic rings. The third kappa shape index (κ3) is 3.60. The Bertz CT molecular complexity index is 1330. The van der Waals surface area contributed by atoms with Gasteiger partial charge in [0, 0.05) is 30.7 Å². The van der Waals surface area contributed by atoms with Gasteiger partial charge >= 0.3 is 11.8 Å². The van der Waals surface area contributed by atoms with Crippen LogP contribution in [0, 0.1) is 12.7 Å². The first kappa shape index (κ1) is 20.5. The minimum absolute atomic E-state index is 0.0511. The highest BCUT2D eigenvalue weighted by atomic mass is 19.1. The van der Waals surface area contributed by atoms with Crippen molar-refractivity contribution in [1.82, 2.24) is 4.57 Å². The van der Waals surface area contributed by atoms with E-state index in [9.17, 15) is 23.9 Å². The first-order valence-electron chi connectivity index (χ1n) is 10.4. The zero-order valence-electron chi connectivity index (χ0n) is 17.3. The highest BCUT2D eigenvalue weighted by Gasteiger charge is 2.29. The van der Waals surface area contributed by atoms with E-state index < -0.39 is 29.1 Å². The van der Waals surface area contributed by atoms with Gasteiger partial charge in [-0.3, -0.25) is 4.79 Å². The molecule has 1 saturated carbocycles. The lowest BCUT2D eigenvalue weighted by Crippen LogP contribution is -2.24. The largest absolute Gasteiger partial charge is 0.519 e. The number of carbonyl (C=O) groups excluding carboxylic acids is 1. The van der Waals surface area contributed by atoms with Gasteiger partial charge in [0.15, 0.2) is 18.1 Å². The van der Waals surface area contributed by atoms with Crippen LogP contribution in [0.5, 0.6) is 0 Å². The monoisotopic (exact) mass is 444 g/mol. The van der Waals surface area contributed by atoms with Crippen LogP contribution >= 0.6 is 0 Å². The summed E-state index contributed by atoms with van der Waals surface area (Å²) in [5.41, 5.74) is -0.0111. The fourth-order valence-corrected chi connectivity index (χ4v) is 4.08. The molecule has 1 saturated heterocycles. The van der Waals surface area contributed by atoms with Crippen LogP contribution in [0.3, 0.4) is 0 Å². The number of aromatic nitrogens is 1. The Morgan fingerprint density at radius 2 is 2.03 bits per heavy atom. The number of aliphatic hydroxyl groups excluding tert-OH is 1. The Hall–Kier alpha value is -3.40. The smallest absolute Gasteiger partial charge is 0.454 e. The molecule has 1 N–H and O–H groups in total. The van der Waals surface area contributed by atoms with Crippen LogP contribution in [-0.4, -0.2) is 34.8 Å². The Morgan fingerprint density at radius 3 is 2.66 bits per heavy atom. The summed E-state index contributed by atoms with van der Waals surface area (Å²) in [7, 11) is 0. The van der Waals surface area contributed by atoms with Crippen LogP contribution in [0.2, 0.25) is 0 Å². The lowest BCUT2D eigenvalue weighted by atomic mass is 10.1. The number of β-amino-alcohol motifs (C(OH)–C–C–N with tert-alkyl or cyclic N) is 1. The summed E-state index contributed by atoms with van der Waals surface area (Å²) < 4.78 is 31.4. The van der Waals surface area contributed by atoms with Gasteiger partial charge < -0.3 is 28.1 Å². The molecule has 1 aliphatic carbocycles. The van der Waals surface area contributed by atoms with Gasteiger partial charge in [-0.2, -0.15) is 0 Å². The molecule has 9 nitrogen and oxygen atoms in total. The predicted molar refractivity (Wildman–Crippen MR) is 110 cm³/mol. The van der Waals surface area contributed by atoms with E-state index in [2.05, 4.69) is 0 Å². The van der Waals surface area contributed by atoms with Crippen molar-refractivity contribution in [1.29, 1.82) is 0 Å². The molecule has 5 rings (SSSR count). The Labute approximate surface area is 180 Å². The molecule has 10 heteroatoms. The van der Waals surface area contributed by atoms with Crippen LogP contribution in [0.15, 0.2) is 36.8 Å². The molecular formula is C22H21FN2O7. The second kappa shape index (κ2) is 7.63. The molecule has 2 aromatic heterocycles. The molecule has 0 radical (unpaired) electrons. The quantitative estimate of drug-likeness (QED) is 0.596. The minimum atomic E-state index is -0.910. The van der Waals surface area contributed by atoms with Gasteiger partial charge in [0.2, 0.25) is 5.43 Å². The molecule has 1 atom stereocenters. The molecule has 168 valence electrons. The van der Waals surface area contributed by atoms with E-state index in [0.29, 0.717) is 30.7 Å². The minimum Gasteiger partial charge on any atom is -0.454 e. The van der Waals surface area contributed by atoms with Crippen LogP contribution in [0.1, 0.15) is 47.2 Å². The summed E-state index contributed by atoms with van der Waals surface area (Å²) in [5, 5.41) is 9.89. The van der Waals surface area contributed by atoms with Crippen molar-refractivity contribution in [3.63, 3.8) is 0 Å². The average Bonchev–Trinajstić information content (AvgIpc) is 3.42. The summed E-state index contributed by atoms with van der Waals surface area (Å²) >= 11 is 0. The van der Waals surface area contributed by atoms with E-state index in [0.717, 1.165) is 18.9 Å². The van der Waals surface area contributed by atoms with Gasteiger partial charge in [0.25, 0.3) is 0 Å². The number of hydrogen-bond acceptors (Lipinski definition) is 8. The molecule has 3 aromatic rings. The first-order chi connectivity index (χ1) is 15.3. The Kier molecular flexibility index (Phi) is 4.89. The van der Waals surface area contributed by atoms with Gasteiger partial charge in [-0.1, -0.05) is 0 Å². The van der Waals surface area contributed by atoms with Gasteiger partial charge in [-0.25, -0.2) is 14.0 Å². The number of nitrogens with zero attached hydrogens (tertiary/aromatic N) is 2. The second-order valence-corrected chi connectivity index (χ2v) is 8.23. The maximum atomic E-state index is 14.9. The van der Waals surface area contributed by atoms with Crippen LogP contribution in [0.25, 0.3) is 10.9 Å². The second-order valence-electron chi connectivity index (χ2n) is 8.23. The molecule has 0 spiro atoms. The van der Waals surface area contributed by atoms with Crippen molar-refractivity contribution < 1.29 is 27.9 Å². The fraction of sp³-hybridized carbons (Fsp3) is 0.409. The number of fused-ring (bicyclic) bond motifs is 1. The number of ether oxygens (including phenoxy) is 1. The number of rotatable bonds is 5. The predicted octanol–water partition coefficient (Wildman–Crippen LogP) is 2.26.